The zero-order valence-electron chi connectivity index (χ0n) is 9.22. The molecule has 0 atom stereocenters. The summed E-state index contributed by atoms with van der Waals surface area (Å²) in [5.41, 5.74) is 0.668. The first-order chi connectivity index (χ1) is 8.70. The third-order valence-corrected chi connectivity index (χ3v) is 2.24. The summed E-state index contributed by atoms with van der Waals surface area (Å²) in [6.45, 7) is 0. The number of carbonyl (C=O) groups is 1. The second kappa shape index (κ2) is 5.06. The van der Waals surface area contributed by atoms with E-state index in [1.54, 1.807) is 24.3 Å². The third kappa shape index (κ3) is 2.50. The highest BCUT2D eigenvalue weighted by atomic mass is 19.1. The molecule has 5 heteroatoms. The average molecular weight is 241 g/mol. The number of nitriles is 1. The van der Waals surface area contributed by atoms with Crippen LogP contribution in [0.5, 0.6) is 0 Å². The van der Waals surface area contributed by atoms with Crippen LogP contribution in [0.4, 0.5) is 10.1 Å². The van der Waals surface area contributed by atoms with Crippen LogP contribution in [0.25, 0.3) is 0 Å². The number of halogens is 1. The van der Waals surface area contributed by atoms with Gasteiger partial charge in [0.15, 0.2) is 0 Å². The summed E-state index contributed by atoms with van der Waals surface area (Å²) in [5, 5.41) is 11.4. The molecule has 0 spiro atoms. The number of para-hydroxylation sites is 1. The molecule has 0 saturated carbocycles. The first-order valence-electron chi connectivity index (χ1n) is 5.14. The first kappa shape index (κ1) is 11.7. The van der Waals surface area contributed by atoms with Crippen molar-refractivity contribution >= 4 is 11.6 Å². The Hall–Kier alpha value is -2.74. The van der Waals surface area contributed by atoms with Gasteiger partial charge < -0.3 is 5.32 Å². The molecule has 4 nitrogen and oxygen atoms in total. The van der Waals surface area contributed by atoms with Crippen LogP contribution < -0.4 is 5.32 Å². The predicted octanol–water partition coefficient (Wildman–Crippen LogP) is 2.34. The van der Waals surface area contributed by atoms with Crippen LogP contribution in [0.1, 0.15) is 16.1 Å². The zero-order chi connectivity index (χ0) is 13.0. The van der Waals surface area contributed by atoms with E-state index in [2.05, 4.69) is 10.3 Å². The minimum Gasteiger partial charge on any atom is -0.319 e. The molecule has 0 unspecified atom stereocenters. The highest BCUT2D eigenvalue weighted by molar-refractivity contribution is 6.03. The van der Waals surface area contributed by atoms with Crippen molar-refractivity contribution in [3.05, 3.63) is 59.7 Å². The van der Waals surface area contributed by atoms with Crippen molar-refractivity contribution in [3.63, 3.8) is 0 Å². The van der Waals surface area contributed by atoms with E-state index in [1.807, 2.05) is 6.07 Å². The number of hydrogen-bond donors (Lipinski definition) is 1. The summed E-state index contributed by atoms with van der Waals surface area (Å²) in [6, 6.07) is 12.4. The Kier molecular flexibility index (Phi) is 3.30. The predicted molar refractivity (Wildman–Crippen MR) is 63.3 cm³/mol. The molecule has 18 heavy (non-hydrogen) atoms. The van der Waals surface area contributed by atoms with Gasteiger partial charge in [-0.2, -0.15) is 9.65 Å². The van der Waals surface area contributed by atoms with Crippen molar-refractivity contribution in [2.45, 2.75) is 0 Å². The van der Waals surface area contributed by atoms with E-state index in [1.165, 1.54) is 12.1 Å². The Labute approximate surface area is 103 Å². The molecule has 0 saturated heterocycles. The Balaban J connectivity index is 2.25. The van der Waals surface area contributed by atoms with Gasteiger partial charge in [0.2, 0.25) is 5.95 Å². The molecular formula is C13H8FN3O. The number of rotatable bonds is 2. The molecule has 2 aromatic rings. The quantitative estimate of drug-likeness (QED) is 0.820. The SMILES string of the molecule is N#Cc1ccccc1NC(=O)c1cccc(F)n1. The fourth-order valence-electron chi connectivity index (χ4n) is 1.41. The number of carbonyl (C=O) groups excluding carboxylic acids is 1. The molecule has 1 N–H and O–H groups in total. The van der Waals surface area contributed by atoms with Crippen molar-refractivity contribution in [1.29, 1.82) is 5.26 Å². The lowest BCUT2D eigenvalue weighted by Crippen LogP contribution is -2.14. The lowest BCUT2D eigenvalue weighted by atomic mass is 10.2. The Morgan fingerprint density at radius 2 is 2.00 bits per heavy atom. The van der Waals surface area contributed by atoms with Gasteiger partial charge in [0.25, 0.3) is 5.91 Å². The van der Waals surface area contributed by atoms with Gasteiger partial charge in [0.05, 0.1) is 11.3 Å². The van der Waals surface area contributed by atoms with Gasteiger partial charge in [-0.15, -0.1) is 0 Å². The molecule has 0 aliphatic heterocycles. The van der Waals surface area contributed by atoms with Crippen molar-refractivity contribution in [2.75, 3.05) is 5.32 Å². The van der Waals surface area contributed by atoms with Crippen molar-refractivity contribution in [3.8, 4) is 6.07 Å². The Morgan fingerprint density at radius 3 is 2.72 bits per heavy atom. The smallest absolute Gasteiger partial charge is 0.274 e. The monoisotopic (exact) mass is 241 g/mol. The van der Waals surface area contributed by atoms with Crippen LogP contribution in [0.15, 0.2) is 42.5 Å². The van der Waals surface area contributed by atoms with Gasteiger partial charge in [0.1, 0.15) is 11.8 Å². The Bertz CT molecular complexity index is 634. The fourth-order valence-corrected chi connectivity index (χ4v) is 1.41. The number of amides is 1. The molecule has 1 amide bonds. The second-order valence-corrected chi connectivity index (χ2v) is 3.46. The van der Waals surface area contributed by atoms with Gasteiger partial charge >= 0.3 is 0 Å². The number of nitrogens with one attached hydrogen (secondary N) is 1. The van der Waals surface area contributed by atoms with Gasteiger partial charge in [0, 0.05) is 0 Å². The number of benzene rings is 1. The summed E-state index contributed by atoms with van der Waals surface area (Å²) in [5.74, 6) is -1.28. The van der Waals surface area contributed by atoms with Gasteiger partial charge in [-0.1, -0.05) is 18.2 Å². The highest BCUT2D eigenvalue weighted by Gasteiger charge is 2.10. The first-order valence-corrected chi connectivity index (χ1v) is 5.14. The molecule has 0 radical (unpaired) electrons. The maximum atomic E-state index is 12.9. The number of aromatic nitrogens is 1. The van der Waals surface area contributed by atoms with E-state index in [9.17, 15) is 9.18 Å². The van der Waals surface area contributed by atoms with Gasteiger partial charge in [-0.05, 0) is 24.3 Å². The normalized spacial score (nSPS) is 9.56. The van der Waals surface area contributed by atoms with Crippen molar-refractivity contribution < 1.29 is 9.18 Å². The number of nitrogens with zero attached hydrogens (tertiary/aromatic N) is 2. The van der Waals surface area contributed by atoms with Crippen LogP contribution >= 0.6 is 0 Å². The fraction of sp³-hybridized carbons (Fsp3) is 0. The van der Waals surface area contributed by atoms with Crippen molar-refractivity contribution in [2.24, 2.45) is 0 Å². The minimum atomic E-state index is -0.726. The number of anilines is 1. The standard InChI is InChI=1S/C13H8FN3O/c14-12-7-3-6-11(16-12)13(18)17-10-5-2-1-4-9(10)8-15/h1-7H,(H,17,18). The molecule has 1 heterocycles. The van der Waals surface area contributed by atoms with Crippen LogP contribution in [0.2, 0.25) is 0 Å². The van der Waals surface area contributed by atoms with E-state index in [4.69, 9.17) is 5.26 Å². The van der Waals surface area contributed by atoms with Crippen LogP contribution in [0.3, 0.4) is 0 Å². The van der Waals surface area contributed by atoms with Crippen LogP contribution in [-0.4, -0.2) is 10.9 Å². The molecule has 0 bridgehead atoms. The van der Waals surface area contributed by atoms with E-state index in [0.717, 1.165) is 6.07 Å². The molecular weight excluding hydrogens is 233 g/mol. The largest absolute Gasteiger partial charge is 0.319 e. The van der Waals surface area contributed by atoms with E-state index < -0.39 is 11.9 Å². The summed E-state index contributed by atoms with van der Waals surface area (Å²) in [4.78, 5) is 15.2. The van der Waals surface area contributed by atoms with Gasteiger partial charge in [-0.3, -0.25) is 4.79 Å². The Morgan fingerprint density at radius 1 is 1.22 bits per heavy atom. The maximum Gasteiger partial charge on any atom is 0.274 e. The molecule has 0 aliphatic carbocycles. The number of hydrogen-bond acceptors (Lipinski definition) is 3. The molecule has 0 fully saturated rings. The third-order valence-electron chi connectivity index (χ3n) is 2.24. The highest BCUT2D eigenvalue weighted by Crippen LogP contribution is 2.14. The van der Waals surface area contributed by atoms with Crippen LogP contribution in [-0.2, 0) is 0 Å². The van der Waals surface area contributed by atoms with Crippen molar-refractivity contribution in [1.82, 2.24) is 4.98 Å². The zero-order valence-corrected chi connectivity index (χ0v) is 9.22. The lowest BCUT2D eigenvalue weighted by Gasteiger charge is -2.05. The summed E-state index contributed by atoms with van der Waals surface area (Å²) in [6.07, 6.45) is 0. The van der Waals surface area contributed by atoms with E-state index >= 15 is 0 Å². The van der Waals surface area contributed by atoms with Gasteiger partial charge in [-0.25, -0.2) is 4.98 Å². The summed E-state index contributed by atoms with van der Waals surface area (Å²) >= 11 is 0. The van der Waals surface area contributed by atoms with E-state index in [0.29, 0.717) is 11.3 Å². The second-order valence-electron chi connectivity index (χ2n) is 3.46. The molecule has 1 aromatic carbocycles. The average Bonchev–Trinajstić information content (AvgIpc) is 2.39. The summed E-state index contributed by atoms with van der Waals surface area (Å²) in [7, 11) is 0. The topological polar surface area (TPSA) is 65.8 Å². The molecule has 88 valence electrons. The maximum absolute atomic E-state index is 12.9. The molecule has 1 aromatic heterocycles. The molecule has 2 rings (SSSR count). The summed E-state index contributed by atoms with van der Waals surface area (Å²) < 4.78 is 12.9. The number of pyridine rings is 1. The minimum absolute atomic E-state index is 0.0391. The van der Waals surface area contributed by atoms with Crippen LogP contribution in [0, 0.1) is 17.3 Å². The molecule has 0 aliphatic rings. The van der Waals surface area contributed by atoms with E-state index in [-0.39, 0.29) is 5.69 Å². The lowest BCUT2D eigenvalue weighted by molar-refractivity contribution is 0.102.